The van der Waals surface area contributed by atoms with Crippen LogP contribution in [-0.2, 0) is 6.18 Å². The van der Waals surface area contributed by atoms with Crippen LogP contribution in [0, 0.1) is 10.1 Å². The molecule has 0 spiro atoms. The van der Waals surface area contributed by atoms with E-state index in [1.807, 2.05) is 0 Å². The molecule has 15 heteroatoms. The van der Waals surface area contributed by atoms with Crippen molar-refractivity contribution in [3.63, 3.8) is 0 Å². The van der Waals surface area contributed by atoms with E-state index in [1.165, 1.54) is 42.6 Å². The van der Waals surface area contributed by atoms with Gasteiger partial charge in [-0.1, -0.05) is 35.3 Å². The van der Waals surface area contributed by atoms with Gasteiger partial charge in [-0.2, -0.15) is 18.3 Å². The molecular formula is C24H17Cl2F3N6O4. The molecule has 0 saturated carbocycles. The van der Waals surface area contributed by atoms with Crippen LogP contribution in [0.1, 0.15) is 40.4 Å². The predicted molar refractivity (Wildman–Crippen MR) is 138 cm³/mol. The highest BCUT2D eigenvalue weighted by molar-refractivity contribution is 6.40. The molecule has 2 aromatic heterocycles. The first-order valence-electron chi connectivity index (χ1n) is 11.1. The van der Waals surface area contributed by atoms with E-state index in [9.17, 15) is 32.9 Å². The van der Waals surface area contributed by atoms with E-state index in [-0.39, 0.29) is 49.6 Å². The summed E-state index contributed by atoms with van der Waals surface area (Å²) in [5.74, 6) is -2.12. The molecule has 10 nitrogen and oxygen atoms in total. The number of halogens is 5. The van der Waals surface area contributed by atoms with Crippen LogP contribution in [0.5, 0.6) is 0 Å². The molecule has 2 N–H and O–H groups in total. The summed E-state index contributed by atoms with van der Waals surface area (Å²) in [5, 5.41) is 19.9. The number of benzene rings is 2. The van der Waals surface area contributed by atoms with Crippen molar-refractivity contribution in [1.29, 1.82) is 0 Å². The number of amides is 2. The first-order valence-corrected chi connectivity index (χ1v) is 11.8. The summed E-state index contributed by atoms with van der Waals surface area (Å²) in [6.45, 7) is 3.32. The van der Waals surface area contributed by atoms with Gasteiger partial charge in [0.2, 0.25) is 0 Å². The summed E-state index contributed by atoms with van der Waals surface area (Å²) >= 11 is 12.6. The van der Waals surface area contributed by atoms with E-state index >= 15 is 0 Å². The van der Waals surface area contributed by atoms with E-state index in [0.717, 1.165) is 0 Å². The normalized spacial score (nSPS) is 11.6. The highest BCUT2D eigenvalue weighted by Crippen LogP contribution is 2.39. The SMILES string of the molecule is CC(C)NC(=O)c1cc2c([N+](=O)[O-])cccc2c(Cl)c1NC(=O)c1cc(C(F)(F)F)nn1-c1ncccc1Cl. The number of non-ortho nitro benzene ring substituents is 1. The maximum Gasteiger partial charge on any atom is 0.435 e. The zero-order valence-corrected chi connectivity index (χ0v) is 21.5. The second kappa shape index (κ2) is 10.5. The van der Waals surface area contributed by atoms with Crippen molar-refractivity contribution in [2.75, 3.05) is 5.32 Å². The smallest absolute Gasteiger partial charge is 0.350 e. The lowest BCUT2D eigenvalue weighted by molar-refractivity contribution is -0.383. The number of aromatic nitrogens is 3. The van der Waals surface area contributed by atoms with Gasteiger partial charge in [0.1, 0.15) is 5.69 Å². The van der Waals surface area contributed by atoms with Gasteiger partial charge in [0.25, 0.3) is 17.5 Å². The minimum Gasteiger partial charge on any atom is -0.350 e. The summed E-state index contributed by atoms with van der Waals surface area (Å²) in [7, 11) is 0. The van der Waals surface area contributed by atoms with Crippen molar-refractivity contribution in [2.45, 2.75) is 26.1 Å². The van der Waals surface area contributed by atoms with E-state index in [4.69, 9.17) is 23.2 Å². The Morgan fingerprint density at radius 2 is 1.79 bits per heavy atom. The number of carbonyl (C=O) groups is 2. The fourth-order valence-electron chi connectivity index (χ4n) is 3.72. The molecule has 4 aromatic rings. The molecule has 0 unspecified atom stereocenters. The standard InChI is InChI=1S/C24H17Cl2F3N6O4/c1-11(2)31-22(36)14-9-13-12(5-3-7-16(13)35(38)39)19(26)20(14)32-23(37)17-10-18(24(27,28)29)33-34(17)21-15(25)6-4-8-30-21/h3-11H,1-2H3,(H,31,36)(H,32,37). The number of anilines is 1. The van der Waals surface area contributed by atoms with Crippen molar-refractivity contribution in [3.8, 4) is 5.82 Å². The van der Waals surface area contributed by atoms with Crippen LogP contribution in [0.15, 0.2) is 48.7 Å². The molecule has 0 aliphatic carbocycles. The van der Waals surface area contributed by atoms with Gasteiger partial charge in [-0.05, 0) is 32.0 Å². The van der Waals surface area contributed by atoms with Gasteiger partial charge in [0.05, 0.1) is 31.6 Å². The lowest BCUT2D eigenvalue weighted by Gasteiger charge is -2.17. The van der Waals surface area contributed by atoms with Gasteiger partial charge in [-0.3, -0.25) is 19.7 Å². The molecule has 0 radical (unpaired) electrons. The van der Waals surface area contributed by atoms with Crippen molar-refractivity contribution in [1.82, 2.24) is 20.1 Å². The van der Waals surface area contributed by atoms with Gasteiger partial charge in [-0.25, -0.2) is 9.67 Å². The monoisotopic (exact) mass is 580 g/mol. The molecule has 202 valence electrons. The number of hydrogen-bond acceptors (Lipinski definition) is 6. The number of nitrogens with one attached hydrogen (secondary N) is 2. The molecule has 0 atom stereocenters. The average molecular weight is 581 g/mol. The lowest BCUT2D eigenvalue weighted by atomic mass is 10.0. The van der Waals surface area contributed by atoms with Crippen molar-refractivity contribution in [3.05, 3.63) is 85.8 Å². The Morgan fingerprint density at radius 3 is 2.41 bits per heavy atom. The van der Waals surface area contributed by atoms with Gasteiger partial charge >= 0.3 is 6.18 Å². The summed E-state index contributed by atoms with van der Waals surface area (Å²) in [6.07, 6.45) is -3.66. The second-order valence-corrected chi connectivity index (χ2v) is 9.24. The minimum absolute atomic E-state index is 0.0177. The Balaban J connectivity index is 1.91. The third-order valence-electron chi connectivity index (χ3n) is 5.37. The number of nitrogens with zero attached hydrogens (tertiary/aromatic N) is 4. The van der Waals surface area contributed by atoms with E-state index in [1.54, 1.807) is 13.8 Å². The second-order valence-electron chi connectivity index (χ2n) is 8.46. The van der Waals surface area contributed by atoms with Gasteiger partial charge in [0, 0.05) is 29.8 Å². The molecule has 4 rings (SSSR count). The zero-order chi connectivity index (χ0) is 28.6. The molecule has 2 amide bonds. The summed E-state index contributed by atoms with van der Waals surface area (Å²) in [6, 6.07) is 8.10. The van der Waals surface area contributed by atoms with Crippen LogP contribution in [0.2, 0.25) is 10.0 Å². The van der Waals surface area contributed by atoms with Crippen LogP contribution in [0.4, 0.5) is 24.5 Å². The summed E-state index contributed by atoms with van der Waals surface area (Å²) in [4.78, 5) is 41.3. The largest absolute Gasteiger partial charge is 0.435 e. The van der Waals surface area contributed by atoms with Gasteiger partial charge in [0.15, 0.2) is 11.5 Å². The first kappa shape index (κ1) is 27.8. The molecule has 0 fully saturated rings. The van der Waals surface area contributed by atoms with Crippen LogP contribution >= 0.6 is 23.2 Å². The average Bonchev–Trinajstić information content (AvgIpc) is 3.31. The van der Waals surface area contributed by atoms with Crippen molar-refractivity contribution < 1.29 is 27.7 Å². The highest BCUT2D eigenvalue weighted by Gasteiger charge is 2.37. The number of nitro groups is 1. The molecule has 0 aliphatic heterocycles. The minimum atomic E-state index is -4.91. The Morgan fingerprint density at radius 1 is 1.08 bits per heavy atom. The number of alkyl halides is 3. The zero-order valence-electron chi connectivity index (χ0n) is 20.0. The van der Waals surface area contributed by atoms with Crippen LogP contribution in [-0.4, -0.2) is 37.5 Å². The number of pyridine rings is 1. The number of carbonyl (C=O) groups excluding carboxylic acids is 2. The quantitative estimate of drug-likeness (QED) is 0.211. The molecule has 0 bridgehead atoms. The maximum absolute atomic E-state index is 13.5. The van der Waals surface area contributed by atoms with Crippen LogP contribution < -0.4 is 10.6 Å². The fraction of sp³-hybridized carbons (Fsp3) is 0.167. The van der Waals surface area contributed by atoms with Crippen molar-refractivity contribution >= 4 is 57.2 Å². The molecule has 39 heavy (non-hydrogen) atoms. The molecular weight excluding hydrogens is 564 g/mol. The topological polar surface area (TPSA) is 132 Å². The van der Waals surface area contributed by atoms with Crippen LogP contribution in [0.25, 0.3) is 16.6 Å². The fourth-order valence-corrected chi connectivity index (χ4v) is 4.23. The Labute approximate surface area is 227 Å². The Hall–Kier alpha value is -4.23. The molecule has 2 aromatic carbocycles. The number of hydrogen-bond donors (Lipinski definition) is 2. The van der Waals surface area contributed by atoms with Crippen LogP contribution in [0.3, 0.4) is 0 Å². The molecule has 2 heterocycles. The van der Waals surface area contributed by atoms with E-state index in [2.05, 4.69) is 20.7 Å². The number of rotatable bonds is 6. The van der Waals surface area contributed by atoms with Gasteiger partial charge < -0.3 is 10.6 Å². The third kappa shape index (κ3) is 5.49. The van der Waals surface area contributed by atoms with Crippen molar-refractivity contribution in [2.24, 2.45) is 0 Å². The number of nitro benzene ring substituents is 1. The summed E-state index contributed by atoms with van der Waals surface area (Å²) in [5.41, 5.74) is -2.88. The highest BCUT2D eigenvalue weighted by atomic mass is 35.5. The Kier molecular flexibility index (Phi) is 7.48. The molecule has 0 saturated heterocycles. The lowest BCUT2D eigenvalue weighted by Crippen LogP contribution is -2.31. The summed E-state index contributed by atoms with van der Waals surface area (Å²) < 4.78 is 41.2. The van der Waals surface area contributed by atoms with Gasteiger partial charge in [-0.15, -0.1) is 0 Å². The van der Waals surface area contributed by atoms with E-state index < -0.39 is 34.3 Å². The molecule has 0 aliphatic rings. The maximum atomic E-state index is 13.5. The predicted octanol–water partition coefficient (Wildman–Crippen LogP) is 6.04. The third-order valence-corrected chi connectivity index (χ3v) is 6.06. The van der Waals surface area contributed by atoms with E-state index in [0.29, 0.717) is 10.7 Å². The first-order chi connectivity index (χ1) is 18.3. The Bertz CT molecular complexity index is 1640. The number of fused-ring (bicyclic) bond motifs is 1.